The third kappa shape index (κ3) is 4.01. The van der Waals surface area contributed by atoms with Crippen LogP contribution in [0.4, 0.5) is 0 Å². The van der Waals surface area contributed by atoms with Gasteiger partial charge in [0.25, 0.3) is 0 Å². The van der Waals surface area contributed by atoms with Crippen LogP contribution in [-0.4, -0.2) is 33.2 Å². The number of aldehydes is 1. The second-order valence-electron chi connectivity index (χ2n) is 7.29. The number of esters is 1. The number of hydrogen-bond donors (Lipinski definition) is 3. The molecule has 0 spiro atoms. The predicted octanol–water partition coefficient (Wildman–Crippen LogP) is 3.61. The molecule has 0 radical (unpaired) electrons. The molecule has 0 unspecified atom stereocenters. The molecule has 29 heavy (non-hydrogen) atoms. The maximum Gasteiger partial charge on any atom is 0.375 e. The van der Waals surface area contributed by atoms with Crippen LogP contribution < -0.4 is 0 Å². The van der Waals surface area contributed by atoms with Crippen LogP contribution in [0.1, 0.15) is 30.5 Å². The first-order valence-electron chi connectivity index (χ1n) is 9.12. The van der Waals surface area contributed by atoms with E-state index in [9.17, 15) is 24.9 Å². The van der Waals surface area contributed by atoms with E-state index in [4.69, 9.17) is 4.74 Å². The molecule has 3 N–H and O–H groups in total. The van der Waals surface area contributed by atoms with Crippen molar-refractivity contribution in [3.63, 3.8) is 0 Å². The first-order valence-corrected chi connectivity index (χ1v) is 9.12. The zero-order chi connectivity index (χ0) is 21.2. The molecule has 1 heterocycles. The zero-order valence-electron chi connectivity index (χ0n) is 16.2. The molecular weight excluding hydrogens is 372 g/mol. The molecule has 0 saturated carbocycles. The second-order valence-corrected chi connectivity index (χ2v) is 7.29. The molecule has 0 fully saturated rings. The van der Waals surface area contributed by atoms with Gasteiger partial charge in [0.05, 0.1) is 5.57 Å². The minimum Gasteiger partial charge on any atom is -0.508 e. The highest BCUT2D eigenvalue weighted by atomic mass is 16.6. The lowest BCUT2D eigenvalue weighted by Crippen LogP contribution is -2.36. The molecule has 3 rings (SSSR count). The van der Waals surface area contributed by atoms with E-state index >= 15 is 0 Å². The van der Waals surface area contributed by atoms with Crippen LogP contribution in [0.25, 0.3) is 5.57 Å². The third-order valence-electron chi connectivity index (χ3n) is 4.82. The van der Waals surface area contributed by atoms with Gasteiger partial charge in [-0.1, -0.05) is 35.9 Å². The van der Waals surface area contributed by atoms with Gasteiger partial charge in [-0.15, -0.1) is 0 Å². The van der Waals surface area contributed by atoms with E-state index in [1.54, 1.807) is 12.1 Å². The molecule has 0 saturated heterocycles. The van der Waals surface area contributed by atoms with Crippen molar-refractivity contribution < 1.29 is 29.6 Å². The van der Waals surface area contributed by atoms with Gasteiger partial charge in [-0.25, -0.2) is 4.79 Å². The summed E-state index contributed by atoms with van der Waals surface area (Å²) in [5.41, 5.74) is 1.17. The Morgan fingerprint density at radius 2 is 1.76 bits per heavy atom. The Morgan fingerprint density at radius 1 is 1.07 bits per heavy atom. The topological polar surface area (TPSA) is 104 Å². The first-order chi connectivity index (χ1) is 13.8. The standard InChI is InChI=1S/C23H22O6/c1-14(2)3-5-17-11-15(4-10-19(17)26)12-23(13-24)20(21(27)22(28)29-23)16-6-8-18(25)9-7-16/h3-4,6-11,13,25-27H,5,12H2,1-2H3/t23-/m0/s1. The molecule has 1 aliphatic rings. The average molecular weight is 394 g/mol. The van der Waals surface area contributed by atoms with Crippen molar-refractivity contribution in [2.24, 2.45) is 0 Å². The Balaban J connectivity index is 2.02. The molecule has 0 aliphatic carbocycles. The molecule has 1 aliphatic heterocycles. The van der Waals surface area contributed by atoms with Crippen molar-refractivity contribution in [3.8, 4) is 11.5 Å². The van der Waals surface area contributed by atoms with Crippen LogP contribution in [0, 0.1) is 0 Å². The van der Waals surface area contributed by atoms with Crippen molar-refractivity contribution >= 4 is 17.8 Å². The summed E-state index contributed by atoms with van der Waals surface area (Å²) in [7, 11) is 0. The lowest BCUT2D eigenvalue weighted by molar-refractivity contribution is -0.151. The van der Waals surface area contributed by atoms with Crippen molar-refractivity contribution in [2.75, 3.05) is 0 Å². The summed E-state index contributed by atoms with van der Waals surface area (Å²) in [4.78, 5) is 24.2. The number of aliphatic hydroxyl groups excluding tert-OH is 1. The van der Waals surface area contributed by atoms with Crippen molar-refractivity contribution in [2.45, 2.75) is 32.3 Å². The predicted molar refractivity (Wildman–Crippen MR) is 107 cm³/mol. The maximum atomic E-state index is 12.1. The number of ether oxygens (including phenoxy) is 1. The van der Waals surface area contributed by atoms with Crippen LogP contribution >= 0.6 is 0 Å². The third-order valence-corrected chi connectivity index (χ3v) is 4.82. The summed E-state index contributed by atoms with van der Waals surface area (Å²) in [5.74, 6) is -1.47. The summed E-state index contributed by atoms with van der Waals surface area (Å²) in [6.45, 7) is 3.91. The molecule has 2 aromatic rings. The van der Waals surface area contributed by atoms with Crippen LogP contribution in [0.2, 0.25) is 0 Å². The average Bonchev–Trinajstić information content (AvgIpc) is 2.93. The number of benzene rings is 2. The number of hydrogen-bond acceptors (Lipinski definition) is 6. The first kappa shape index (κ1) is 20.2. The summed E-state index contributed by atoms with van der Waals surface area (Å²) >= 11 is 0. The number of phenolic OH excluding ortho intramolecular Hbond substituents is 2. The quantitative estimate of drug-likeness (QED) is 0.393. The fourth-order valence-electron chi connectivity index (χ4n) is 3.36. The Kier molecular flexibility index (Phi) is 5.46. The van der Waals surface area contributed by atoms with E-state index in [-0.39, 0.29) is 23.5 Å². The van der Waals surface area contributed by atoms with Crippen LogP contribution in [0.5, 0.6) is 11.5 Å². The van der Waals surface area contributed by atoms with Gasteiger partial charge in [-0.3, -0.25) is 4.79 Å². The van der Waals surface area contributed by atoms with E-state index in [2.05, 4.69) is 0 Å². The molecule has 2 aromatic carbocycles. The highest BCUT2D eigenvalue weighted by Gasteiger charge is 2.49. The summed E-state index contributed by atoms with van der Waals surface area (Å²) in [6.07, 6.45) is 2.98. The second kappa shape index (κ2) is 7.83. The van der Waals surface area contributed by atoms with E-state index < -0.39 is 17.3 Å². The van der Waals surface area contributed by atoms with Gasteiger partial charge in [0.15, 0.2) is 6.29 Å². The minimum atomic E-state index is -1.71. The number of carbonyl (C=O) groups excluding carboxylic acids is 2. The molecule has 0 bridgehead atoms. The van der Waals surface area contributed by atoms with Gasteiger partial charge in [0.2, 0.25) is 11.4 Å². The maximum absolute atomic E-state index is 12.1. The number of aromatic hydroxyl groups is 2. The molecule has 150 valence electrons. The highest BCUT2D eigenvalue weighted by molar-refractivity contribution is 6.08. The van der Waals surface area contributed by atoms with E-state index in [1.807, 2.05) is 19.9 Å². The minimum absolute atomic E-state index is 0.00931. The van der Waals surface area contributed by atoms with Gasteiger partial charge < -0.3 is 20.1 Å². The Bertz CT molecular complexity index is 1010. The zero-order valence-corrected chi connectivity index (χ0v) is 16.2. The molecule has 0 amide bonds. The monoisotopic (exact) mass is 394 g/mol. The molecule has 6 nitrogen and oxygen atoms in total. The van der Waals surface area contributed by atoms with Gasteiger partial charge in [0, 0.05) is 6.42 Å². The van der Waals surface area contributed by atoms with Crippen LogP contribution in [0.3, 0.4) is 0 Å². The lowest BCUT2D eigenvalue weighted by atomic mass is 9.84. The number of rotatable bonds is 6. The van der Waals surface area contributed by atoms with Crippen molar-refractivity contribution in [1.82, 2.24) is 0 Å². The van der Waals surface area contributed by atoms with E-state index in [1.165, 1.54) is 30.3 Å². The lowest BCUT2D eigenvalue weighted by Gasteiger charge is -2.25. The van der Waals surface area contributed by atoms with Gasteiger partial charge >= 0.3 is 5.97 Å². The fraction of sp³-hybridized carbons (Fsp3) is 0.217. The molecule has 1 atom stereocenters. The number of carbonyl (C=O) groups is 2. The van der Waals surface area contributed by atoms with E-state index in [0.717, 1.165) is 5.57 Å². The van der Waals surface area contributed by atoms with Gasteiger partial charge in [-0.05, 0) is 55.2 Å². The van der Waals surface area contributed by atoms with Crippen molar-refractivity contribution in [3.05, 3.63) is 76.6 Å². The fourth-order valence-corrected chi connectivity index (χ4v) is 3.36. The van der Waals surface area contributed by atoms with Crippen LogP contribution in [0.15, 0.2) is 59.9 Å². The summed E-state index contributed by atoms with van der Waals surface area (Å²) in [6, 6.07) is 10.7. The largest absolute Gasteiger partial charge is 0.508 e. The van der Waals surface area contributed by atoms with Gasteiger partial charge in [-0.2, -0.15) is 0 Å². The molecule has 0 aromatic heterocycles. The van der Waals surface area contributed by atoms with Crippen LogP contribution in [-0.2, 0) is 27.2 Å². The number of phenols is 2. The normalized spacial score (nSPS) is 18.5. The van der Waals surface area contributed by atoms with Crippen molar-refractivity contribution in [1.29, 1.82) is 0 Å². The summed E-state index contributed by atoms with van der Waals surface area (Å²) < 4.78 is 5.31. The Morgan fingerprint density at radius 3 is 2.38 bits per heavy atom. The molecular formula is C23H22O6. The summed E-state index contributed by atoms with van der Waals surface area (Å²) in [5, 5.41) is 29.9. The number of allylic oxidation sites excluding steroid dienone is 2. The Labute approximate surface area is 168 Å². The molecule has 6 heteroatoms. The number of aliphatic hydroxyl groups is 1. The highest BCUT2D eigenvalue weighted by Crippen LogP contribution is 2.41. The smallest absolute Gasteiger partial charge is 0.375 e. The SMILES string of the molecule is CC(C)=CCc1cc(C[C@@]2(C=O)OC(=O)C(O)=C2c2ccc(O)cc2)ccc1O. The van der Waals surface area contributed by atoms with Gasteiger partial charge in [0.1, 0.15) is 11.5 Å². The van der Waals surface area contributed by atoms with E-state index in [0.29, 0.717) is 29.4 Å². The number of cyclic esters (lactones) is 1. The Hall–Kier alpha value is -3.54.